The number of carbonyl (C=O) groups is 1. The molecule has 0 saturated carbocycles. The van der Waals surface area contributed by atoms with E-state index in [0.29, 0.717) is 10.6 Å². The zero-order chi connectivity index (χ0) is 14.0. The molecule has 0 aliphatic rings. The van der Waals surface area contributed by atoms with Crippen LogP contribution in [0.2, 0.25) is 5.02 Å². The van der Waals surface area contributed by atoms with Crippen LogP contribution in [-0.2, 0) is 0 Å². The molecule has 2 aromatic carbocycles. The van der Waals surface area contributed by atoms with Gasteiger partial charge in [0.15, 0.2) is 0 Å². The summed E-state index contributed by atoms with van der Waals surface area (Å²) in [4.78, 5) is 12.2. The number of carbonyl (C=O) groups excluding carboxylic acids is 1. The fourth-order valence-electron chi connectivity index (χ4n) is 1.92. The van der Waals surface area contributed by atoms with Crippen LogP contribution in [0.25, 0.3) is 0 Å². The van der Waals surface area contributed by atoms with Crippen molar-refractivity contribution in [1.82, 2.24) is 0 Å². The smallest absolute Gasteiger partial charge is 0.256 e. The highest BCUT2D eigenvalue weighted by Gasteiger charge is 2.11. The van der Waals surface area contributed by atoms with Crippen molar-refractivity contribution in [2.24, 2.45) is 0 Å². The summed E-state index contributed by atoms with van der Waals surface area (Å²) in [5, 5.41) is 3.47. The summed E-state index contributed by atoms with van der Waals surface area (Å²) in [6, 6.07) is 11.3. The third-order valence-electron chi connectivity index (χ3n) is 2.65. The lowest BCUT2D eigenvalue weighted by Gasteiger charge is -2.09. The largest absolute Gasteiger partial charge is 0.322 e. The molecular weight excluding hydrogens is 373 g/mol. The molecule has 0 radical (unpaired) electrons. The van der Waals surface area contributed by atoms with Crippen LogP contribution in [0, 0.1) is 17.4 Å². The van der Waals surface area contributed by atoms with E-state index in [2.05, 4.69) is 34.0 Å². The Labute approximate surface area is 131 Å². The first-order chi connectivity index (χ1) is 8.95. The van der Waals surface area contributed by atoms with E-state index < -0.39 is 0 Å². The van der Waals surface area contributed by atoms with E-state index in [1.165, 1.54) is 0 Å². The van der Waals surface area contributed by atoms with Gasteiger partial charge in [-0.05, 0) is 77.9 Å². The van der Waals surface area contributed by atoms with Crippen molar-refractivity contribution < 1.29 is 4.79 Å². The maximum Gasteiger partial charge on any atom is 0.256 e. The van der Waals surface area contributed by atoms with Crippen LogP contribution in [0.5, 0.6) is 0 Å². The predicted molar refractivity (Wildman–Crippen MR) is 88.0 cm³/mol. The molecule has 19 heavy (non-hydrogen) atoms. The molecular formula is C15H13ClINO. The molecule has 0 spiro atoms. The second-order valence-electron chi connectivity index (χ2n) is 4.45. The van der Waals surface area contributed by atoms with Gasteiger partial charge in [0.2, 0.25) is 0 Å². The minimum absolute atomic E-state index is 0.142. The van der Waals surface area contributed by atoms with Crippen molar-refractivity contribution in [2.45, 2.75) is 13.8 Å². The molecule has 0 fully saturated rings. The van der Waals surface area contributed by atoms with Crippen LogP contribution >= 0.6 is 34.2 Å². The van der Waals surface area contributed by atoms with Crippen LogP contribution < -0.4 is 5.32 Å². The van der Waals surface area contributed by atoms with Crippen LogP contribution in [-0.4, -0.2) is 5.91 Å². The van der Waals surface area contributed by atoms with Gasteiger partial charge in [0.05, 0.1) is 5.56 Å². The van der Waals surface area contributed by atoms with Crippen LogP contribution in [0.4, 0.5) is 5.69 Å². The third-order valence-corrected chi connectivity index (χ3v) is 3.83. The third kappa shape index (κ3) is 3.70. The number of nitrogens with one attached hydrogen (secondary N) is 1. The van der Waals surface area contributed by atoms with Crippen molar-refractivity contribution in [2.75, 3.05) is 5.32 Å². The average Bonchev–Trinajstić information content (AvgIpc) is 2.30. The van der Waals surface area contributed by atoms with E-state index >= 15 is 0 Å². The Kier molecular flexibility index (Phi) is 4.47. The summed E-state index contributed by atoms with van der Waals surface area (Å²) in [5.41, 5.74) is 3.64. The number of anilines is 1. The highest BCUT2D eigenvalue weighted by Crippen LogP contribution is 2.20. The van der Waals surface area contributed by atoms with E-state index in [0.717, 1.165) is 20.4 Å². The number of aryl methyl sites for hydroxylation is 2. The Morgan fingerprint density at radius 3 is 2.37 bits per heavy atom. The minimum Gasteiger partial charge on any atom is -0.322 e. The monoisotopic (exact) mass is 385 g/mol. The zero-order valence-corrected chi connectivity index (χ0v) is 13.5. The van der Waals surface area contributed by atoms with Gasteiger partial charge in [0, 0.05) is 14.3 Å². The standard InChI is InChI=1S/C15H13ClINO/c1-9-5-10(2)7-12(6-9)18-15(19)13-8-11(16)3-4-14(13)17/h3-8H,1-2H3,(H,18,19). The normalized spacial score (nSPS) is 10.3. The van der Waals surface area contributed by atoms with Gasteiger partial charge in [-0.15, -0.1) is 0 Å². The second kappa shape index (κ2) is 5.92. The summed E-state index contributed by atoms with van der Waals surface area (Å²) in [5.74, 6) is -0.142. The van der Waals surface area contributed by atoms with Crippen molar-refractivity contribution in [1.29, 1.82) is 0 Å². The Bertz CT molecular complexity index is 620. The van der Waals surface area contributed by atoms with Crippen LogP contribution in [0.15, 0.2) is 36.4 Å². The summed E-state index contributed by atoms with van der Waals surface area (Å²) in [6.07, 6.45) is 0. The van der Waals surface area contributed by atoms with E-state index in [9.17, 15) is 4.79 Å². The summed E-state index contributed by atoms with van der Waals surface area (Å²) >= 11 is 8.06. The Hall–Kier alpha value is -1.07. The Balaban J connectivity index is 2.28. The molecule has 0 aromatic heterocycles. The summed E-state index contributed by atoms with van der Waals surface area (Å²) in [6.45, 7) is 4.01. The quantitative estimate of drug-likeness (QED) is 0.738. The molecule has 2 aromatic rings. The van der Waals surface area contributed by atoms with Gasteiger partial charge in [0.1, 0.15) is 0 Å². The number of halogens is 2. The second-order valence-corrected chi connectivity index (χ2v) is 6.05. The molecule has 4 heteroatoms. The molecule has 98 valence electrons. The molecule has 0 bridgehead atoms. The van der Waals surface area contributed by atoms with E-state index in [1.807, 2.05) is 32.0 Å². The fourth-order valence-corrected chi connectivity index (χ4v) is 2.67. The molecule has 0 heterocycles. The average molecular weight is 386 g/mol. The number of amides is 1. The van der Waals surface area contributed by atoms with Gasteiger partial charge in [-0.25, -0.2) is 0 Å². The molecule has 0 saturated heterocycles. The Morgan fingerprint density at radius 1 is 1.11 bits per heavy atom. The summed E-state index contributed by atoms with van der Waals surface area (Å²) < 4.78 is 0.879. The van der Waals surface area contributed by atoms with E-state index in [4.69, 9.17) is 11.6 Å². The first-order valence-electron chi connectivity index (χ1n) is 5.80. The first-order valence-corrected chi connectivity index (χ1v) is 7.26. The van der Waals surface area contributed by atoms with Gasteiger partial charge in [-0.1, -0.05) is 17.7 Å². The SMILES string of the molecule is Cc1cc(C)cc(NC(=O)c2cc(Cl)ccc2I)c1. The number of hydrogen-bond acceptors (Lipinski definition) is 1. The van der Waals surface area contributed by atoms with Crippen molar-refractivity contribution in [3.05, 3.63) is 61.7 Å². The topological polar surface area (TPSA) is 29.1 Å². The van der Waals surface area contributed by atoms with Crippen molar-refractivity contribution >= 4 is 45.8 Å². The molecule has 2 rings (SSSR count). The van der Waals surface area contributed by atoms with Gasteiger partial charge in [-0.3, -0.25) is 4.79 Å². The van der Waals surface area contributed by atoms with Gasteiger partial charge < -0.3 is 5.32 Å². The molecule has 0 aliphatic carbocycles. The molecule has 0 aliphatic heterocycles. The maximum atomic E-state index is 12.2. The lowest BCUT2D eigenvalue weighted by Crippen LogP contribution is -2.13. The lowest BCUT2D eigenvalue weighted by atomic mass is 10.1. The molecule has 0 atom stereocenters. The maximum absolute atomic E-state index is 12.2. The molecule has 1 amide bonds. The Morgan fingerprint density at radius 2 is 1.74 bits per heavy atom. The highest BCUT2D eigenvalue weighted by atomic mass is 127. The van der Waals surface area contributed by atoms with E-state index in [1.54, 1.807) is 12.1 Å². The van der Waals surface area contributed by atoms with Gasteiger partial charge in [0.25, 0.3) is 5.91 Å². The van der Waals surface area contributed by atoms with Crippen molar-refractivity contribution in [3.63, 3.8) is 0 Å². The fraction of sp³-hybridized carbons (Fsp3) is 0.133. The lowest BCUT2D eigenvalue weighted by molar-refractivity contribution is 0.102. The number of benzene rings is 2. The number of rotatable bonds is 2. The zero-order valence-electron chi connectivity index (χ0n) is 10.6. The predicted octanol–water partition coefficient (Wildman–Crippen LogP) is 4.81. The molecule has 2 nitrogen and oxygen atoms in total. The number of hydrogen-bond donors (Lipinski definition) is 1. The molecule has 0 unspecified atom stereocenters. The van der Waals surface area contributed by atoms with E-state index in [-0.39, 0.29) is 5.91 Å². The van der Waals surface area contributed by atoms with Crippen molar-refractivity contribution in [3.8, 4) is 0 Å². The van der Waals surface area contributed by atoms with Crippen LogP contribution in [0.3, 0.4) is 0 Å². The first kappa shape index (κ1) is 14.3. The van der Waals surface area contributed by atoms with Crippen LogP contribution in [0.1, 0.15) is 21.5 Å². The minimum atomic E-state index is -0.142. The highest BCUT2D eigenvalue weighted by molar-refractivity contribution is 14.1. The summed E-state index contributed by atoms with van der Waals surface area (Å²) in [7, 11) is 0. The molecule has 1 N–H and O–H groups in total. The van der Waals surface area contributed by atoms with Gasteiger partial charge >= 0.3 is 0 Å². The van der Waals surface area contributed by atoms with Gasteiger partial charge in [-0.2, -0.15) is 0 Å².